The molecule has 0 aromatic heterocycles. The number of morpholine rings is 1. The lowest BCUT2D eigenvalue weighted by Gasteiger charge is -2.45. The van der Waals surface area contributed by atoms with Crippen LogP contribution in [0.5, 0.6) is 0 Å². The van der Waals surface area contributed by atoms with Gasteiger partial charge in [-0.05, 0) is 12.1 Å². The molecule has 31 heavy (non-hydrogen) atoms. The van der Waals surface area contributed by atoms with Gasteiger partial charge in [0.25, 0.3) is 15.7 Å². The van der Waals surface area contributed by atoms with E-state index in [0.717, 1.165) is 0 Å². The summed E-state index contributed by atoms with van der Waals surface area (Å²) in [4.78, 5) is 12.4. The SMILES string of the molecule is CC(C)[Si](C/C(=N\S(=O)(=O)c1ccc([N+](=O)[O-])cc1)N1CCOCC1)(C(C)C)C(C)C. The highest BCUT2D eigenvalue weighted by Gasteiger charge is 2.44. The number of nitrogens with zero attached hydrogens (tertiary/aromatic N) is 3. The number of nitro benzene ring substituents is 1. The fraction of sp³-hybridized carbons (Fsp3) is 0.667. The molecule has 0 amide bonds. The van der Waals surface area contributed by atoms with Crippen LogP contribution in [-0.2, 0) is 14.8 Å². The van der Waals surface area contributed by atoms with E-state index in [1.807, 2.05) is 4.90 Å². The van der Waals surface area contributed by atoms with Gasteiger partial charge in [-0.15, -0.1) is 4.40 Å². The predicted molar refractivity (Wildman–Crippen MR) is 126 cm³/mol. The first kappa shape index (κ1) is 25.5. The largest absolute Gasteiger partial charge is 0.378 e. The third kappa shape index (κ3) is 5.72. The molecular weight excluding hydrogens is 434 g/mol. The van der Waals surface area contributed by atoms with Crippen LogP contribution in [0.1, 0.15) is 41.5 Å². The van der Waals surface area contributed by atoms with Crippen LogP contribution in [-0.4, -0.2) is 58.5 Å². The van der Waals surface area contributed by atoms with E-state index in [-0.39, 0.29) is 10.6 Å². The summed E-state index contributed by atoms with van der Waals surface area (Å²) in [5, 5.41) is 10.9. The highest BCUT2D eigenvalue weighted by Crippen LogP contribution is 2.45. The van der Waals surface area contributed by atoms with Crippen LogP contribution >= 0.6 is 0 Å². The van der Waals surface area contributed by atoms with Crippen molar-refractivity contribution in [1.29, 1.82) is 0 Å². The summed E-state index contributed by atoms with van der Waals surface area (Å²) in [5.74, 6) is 0.601. The molecule has 0 unspecified atom stereocenters. The standard InChI is InChI=1S/C21H35N3O5SSi/c1-16(2)31(17(3)4,18(5)6)15-21(23-11-13-29-14-12-23)22-30(27,28)20-9-7-19(8-10-20)24(25)26/h7-10,16-18H,11-15H2,1-6H3/b22-21+. The zero-order chi connectivity index (χ0) is 23.4. The van der Waals surface area contributed by atoms with E-state index in [2.05, 4.69) is 45.9 Å². The fourth-order valence-electron chi connectivity index (χ4n) is 4.84. The molecule has 174 valence electrons. The lowest BCUT2D eigenvalue weighted by molar-refractivity contribution is -0.384. The number of hydrogen-bond acceptors (Lipinski definition) is 5. The molecule has 1 aliphatic heterocycles. The molecule has 0 spiro atoms. The zero-order valence-corrected chi connectivity index (χ0v) is 21.2. The highest BCUT2D eigenvalue weighted by molar-refractivity contribution is 7.90. The van der Waals surface area contributed by atoms with E-state index in [9.17, 15) is 18.5 Å². The minimum Gasteiger partial charge on any atom is -0.378 e. The van der Waals surface area contributed by atoms with Gasteiger partial charge in [-0.25, -0.2) is 0 Å². The molecule has 0 saturated carbocycles. The van der Waals surface area contributed by atoms with Crippen LogP contribution in [0.4, 0.5) is 5.69 Å². The van der Waals surface area contributed by atoms with E-state index in [4.69, 9.17) is 4.74 Å². The van der Waals surface area contributed by atoms with Gasteiger partial charge >= 0.3 is 0 Å². The quantitative estimate of drug-likeness (QED) is 0.180. The molecule has 0 radical (unpaired) electrons. The van der Waals surface area contributed by atoms with E-state index in [1.54, 1.807) is 0 Å². The average Bonchev–Trinajstić information content (AvgIpc) is 2.70. The van der Waals surface area contributed by atoms with Gasteiger partial charge in [-0.3, -0.25) is 10.1 Å². The Kier molecular flexibility index (Phi) is 8.40. The number of ether oxygens (including phenoxy) is 1. The van der Waals surface area contributed by atoms with Gasteiger partial charge in [0, 0.05) is 31.3 Å². The molecule has 2 rings (SSSR count). The van der Waals surface area contributed by atoms with Crippen LogP contribution in [0.3, 0.4) is 0 Å². The number of sulfonamides is 1. The summed E-state index contributed by atoms with van der Waals surface area (Å²) in [6.07, 6.45) is 0. The summed E-state index contributed by atoms with van der Waals surface area (Å²) < 4.78 is 36.1. The van der Waals surface area contributed by atoms with Gasteiger partial charge in [-0.2, -0.15) is 8.42 Å². The van der Waals surface area contributed by atoms with Crippen LogP contribution in [0.25, 0.3) is 0 Å². The molecule has 1 heterocycles. The van der Waals surface area contributed by atoms with E-state index in [1.165, 1.54) is 24.3 Å². The Labute approximate surface area is 186 Å². The minimum absolute atomic E-state index is 0.0326. The second-order valence-electron chi connectivity index (χ2n) is 9.09. The fourth-order valence-corrected chi connectivity index (χ4v) is 12.1. The Hall–Kier alpha value is -1.78. The molecular formula is C21H35N3O5SSi. The number of amidine groups is 1. The van der Waals surface area contributed by atoms with E-state index >= 15 is 0 Å². The predicted octanol–water partition coefficient (Wildman–Crippen LogP) is 4.69. The van der Waals surface area contributed by atoms with Gasteiger partial charge in [-0.1, -0.05) is 58.2 Å². The first-order chi connectivity index (χ1) is 14.4. The van der Waals surface area contributed by atoms with Gasteiger partial charge in [0.2, 0.25) is 0 Å². The minimum atomic E-state index is -4.00. The van der Waals surface area contributed by atoms with Crippen LogP contribution in [0.2, 0.25) is 22.7 Å². The van der Waals surface area contributed by atoms with Crippen molar-refractivity contribution in [3.8, 4) is 0 Å². The lowest BCUT2D eigenvalue weighted by Crippen LogP contribution is -2.51. The van der Waals surface area contributed by atoms with Gasteiger partial charge < -0.3 is 9.64 Å². The number of non-ortho nitro benzene ring substituents is 1. The number of benzene rings is 1. The van der Waals surface area contributed by atoms with Crippen LogP contribution in [0.15, 0.2) is 33.6 Å². The first-order valence-corrected chi connectivity index (χ1v) is 14.7. The number of rotatable bonds is 8. The molecule has 0 bridgehead atoms. The molecule has 1 fully saturated rings. The summed E-state index contributed by atoms with van der Waals surface area (Å²) in [5.41, 5.74) is 1.23. The van der Waals surface area contributed by atoms with E-state index in [0.29, 0.717) is 54.8 Å². The Morgan fingerprint density at radius 3 is 1.97 bits per heavy atom. The molecule has 10 heteroatoms. The molecule has 1 aromatic rings. The van der Waals surface area contributed by atoms with Crippen molar-refractivity contribution in [2.45, 2.75) is 69.1 Å². The van der Waals surface area contributed by atoms with Crippen molar-refractivity contribution < 1.29 is 18.1 Å². The van der Waals surface area contributed by atoms with Crippen molar-refractivity contribution >= 4 is 29.6 Å². The van der Waals surface area contributed by atoms with Crippen molar-refractivity contribution in [1.82, 2.24) is 4.90 Å². The Morgan fingerprint density at radius 1 is 1.06 bits per heavy atom. The van der Waals surface area contributed by atoms with Gasteiger partial charge in [0.1, 0.15) is 5.84 Å². The summed E-state index contributed by atoms with van der Waals surface area (Å²) in [6, 6.07) is 5.59. The Bertz CT molecular complexity index is 870. The number of hydrogen-bond donors (Lipinski definition) is 0. The maximum Gasteiger partial charge on any atom is 0.283 e. The Morgan fingerprint density at radius 2 is 1.55 bits per heavy atom. The third-order valence-electron chi connectivity index (χ3n) is 6.64. The highest BCUT2D eigenvalue weighted by atomic mass is 32.2. The molecule has 1 saturated heterocycles. The monoisotopic (exact) mass is 469 g/mol. The third-order valence-corrected chi connectivity index (χ3v) is 15.3. The maximum atomic E-state index is 13.2. The van der Waals surface area contributed by atoms with Crippen molar-refractivity contribution in [3.63, 3.8) is 0 Å². The van der Waals surface area contributed by atoms with Crippen molar-refractivity contribution in [2.24, 2.45) is 4.40 Å². The average molecular weight is 470 g/mol. The van der Waals surface area contributed by atoms with Crippen molar-refractivity contribution in [2.75, 3.05) is 26.3 Å². The normalized spacial score (nSPS) is 16.4. The second-order valence-corrected chi connectivity index (χ2v) is 16.7. The summed E-state index contributed by atoms with van der Waals surface area (Å²) >= 11 is 0. The molecule has 0 atom stereocenters. The van der Waals surface area contributed by atoms with Crippen LogP contribution in [0, 0.1) is 10.1 Å². The first-order valence-electron chi connectivity index (χ1n) is 10.8. The zero-order valence-electron chi connectivity index (χ0n) is 19.4. The second kappa shape index (κ2) is 10.2. The van der Waals surface area contributed by atoms with Gasteiger partial charge in [0.05, 0.1) is 31.1 Å². The Balaban J connectivity index is 2.54. The smallest absolute Gasteiger partial charge is 0.283 e. The summed E-state index contributed by atoms with van der Waals surface area (Å²) in [7, 11) is -5.96. The summed E-state index contributed by atoms with van der Waals surface area (Å²) in [6.45, 7) is 15.7. The molecule has 1 aromatic carbocycles. The molecule has 0 N–H and O–H groups in total. The van der Waals surface area contributed by atoms with E-state index < -0.39 is 23.0 Å². The maximum absolute atomic E-state index is 13.2. The van der Waals surface area contributed by atoms with Crippen LogP contribution < -0.4 is 0 Å². The topological polar surface area (TPSA) is 102 Å². The van der Waals surface area contributed by atoms with Crippen molar-refractivity contribution in [3.05, 3.63) is 34.4 Å². The van der Waals surface area contributed by atoms with Gasteiger partial charge in [0.15, 0.2) is 0 Å². The molecule has 1 aliphatic rings. The number of nitro groups is 1. The lowest BCUT2D eigenvalue weighted by atomic mass is 10.3. The molecule has 0 aliphatic carbocycles. The molecule has 8 nitrogen and oxygen atoms in total.